The van der Waals surface area contributed by atoms with Crippen LogP contribution in [0.1, 0.15) is 19.8 Å². The van der Waals surface area contributed by atoms with E-state index in [1.807, 2.05) is 0 Å². The molecule has 1 fully saturated rings. The molecule has 0 aromatic heterocycles. The van der Waals surface area contributed by atoms with Crippen LogP contribution in [0.4, 0.5) is 0 Å². The molecule has 1 saturated heterocycles. The number of hydrogen-bond donors (Lipinski definition) is 6. The number of amides is 1. The summed E-state index contributed by atoms with van der Waals surface area (Å²) in [5.74, 6) is -6.47. The molecular weight excluding hydrogens is 405 g/mol. The highest BCUT2D eigenvalue weighted by Gasteiger charge is 2.53. The number of aliphatic hydroxyl groups is 4. The number of hydrogen-bond acceptors (Lipinski definition) is 11. The molecular formula is C14H26NO12P. The van der Waals surface area contributed by atoms with Crippen molar-refractivity contribution in [1.29, 1.82) is 0 Å². The van der Waals surface area contributed by atoms with Crippen LogP contribution in [0.15, 0.2) is 0 Å². The van der Waals surface area contributed by atoms with Gasteiger partial charge in [0.2, 0.25) is 5.91 Å². The summed E-state index contributed by atoms with van der Waals surface area (Å²) in [6, 6.07) is 0. The first-order valence-corrected chi connectivity index (χ1v) is 9.64. The maximum atomic E-state index is 11.8. The van der Waals surface area contributed by atoms with Gasteiger partial charge < -0.3 is 35.6 Å². The molecule has 28 heavy (non-hydrogen) atoms. The smallest absolute Gasteiger partial charge is 0.474 e. The van der Waals surface area contributed by atoms with Gasteiger partial charge in [-0.1, -0.05) is 0 Å². The molecule has 14 heteroatoms. The average molecular weight is 431 g/mol. The van der Waals surface area contributed by atoms with Gasteiger partial charge in [0, 0.05) is 34.0 Å². The van der Waals surface area contributed by atoms with Crippen LogP contribution < -0.4 is 5.32 Å². The minimum absolute atomic E-state index is 0.457. The van der Waals surface area contributed by atoms with E-state index in [1.54, 1.807) is 0 Å². The summed E-state index contributed by atoms with van der Waals surface area (Å²) in [5, 5.41) is 51.8. The molecule has 6 atom stereocenters. The number of phosphoric acid groups is 1. The monoisotopic (exact) mass is 431 g/mol. The molecule has 1 aliphatic heterocycles. The van der Waals surface area contributed by atoms with Crippen LogP contribution in [0.5, 0.6) is 0 Å². The second-order valence-corrected chi connectivity index (χ2v) is 8.12. The zero-order valence-corrected chi connectivity index (χ0v) is 16.4. The third-order valence-electron chi connectivity index (χ3n) is 4.13. The fourth-order valence-corrected chi connectivity index (χ4v) is 3.51. The minimum atomic E-state index is -3.89. The molecule has 0 aliphatic carbocycles. The molecule has 1 heterocycles. The molecule has 1 aliphatic rings. The van der Waals surface area contributed by atoms with Gasteiger partial charge in [0.05, 0.1) is 30.8 Å². The summed E-state index contributed by atoms with van der Waals surface area (Å²) >= 11 is 0. The molecule has 0 aromatic carbocycles. The Bertz CT molecular complexity index is 595. The highest BCUT2D eigenvalue weighted by Crippen LogP contribution is 2.47. The molecule has 1 rings (SSSR count). The van der Waals surface area contributed by atoms with Crippen molar-refractivity contribution < 1.29 is 58.0 Å². The van der Waals surface area contributed by atoms with Crippen LogP contribution in [0.2, 0.25) is 0 Å². The van der Waals surface area contributed by atoms with Gasteiger partial charge in [-0.25, -0.2) is 9.36 Å². The fourth-order valence-electron chi connectivity index (χ4n) is 2.80. The lowest BCUT2D eigenvalue weighted by Gasteiger charge is -2.44. The molecule has 1 amide bonds. The molecule has 164 valence electrons. The molecule has 0 unspecified atom stereocenters. The number of ether oxygens (including phenoxy) is 1. The lowest BCUT2D eigenvalue weighted by Crippen LogP contribution is -2.61. The number of carboxylic acids is 1. The van der Waals surface area contributed by atoms with Crippen molar-refractivity contribution in [2.75, 3.05) is 20.8 Å². The fraction of sp³-hybridized carbons (Fsp3) is 0.857. The second-order valence-electron chi connectivity index (χ2n) is 6.24. The van der Waals surface area contributed by atoms with Crippen molar-refractivity contribution in [2.24, 2.45) is 5.92 Å². The van der Waals surface area contributed by atoms with E-state index in [0.29, 0.717) is 0 Å². The average Bonchev–Trinajstić information content (AvgIpc) is 2.58. The number of carbonyl (C=O) groups excluding carboxylic acids is 1. The van der Waals surface area contributed by atoms with Crippen LogP contribution in [-0.2, 0) is 32.5 Å². The molecule has 0 saturated carbocycles. The Morgan fingerprint density at radius 1 is 1.32 bits per heavy atom. The number of aliphatic hydroxyl groups excluding tert-OH is 3. The highest BCUT2D eigenvalue weighted by atomic mass is 31.2. The largest absolute Gasteiger partial charge is 0.477 e. The third-order valence-corrected chi connectivity index (χ3v) is 5.49. The van der Waals surface area contributed by atoms with Gasteiger partial charge in [-0.15, -0.1) is 0 Å². The Morgan fingerprint density at radius 2 is 1.89 bits per heavy atom. The molecule has 0 radical (unpaired) electrons. The maximum absolute atomic E-state index is 11.8. The van der Waals surface area contributed by atoms with E-state index in [9.17, 15) is 34.6 Å². The summed E-state index contributed by atoms with van der Waals surface area (Å²) in [4.78, 5) is 22.4. The Labute approximate surface area is 160 Å². The third kappa shape index (κ3) is 6.44. The lowest BCUT2D eigenvalue weighted by atomic mass is 9.83. The second kappa shape index (κ2) is 10.1. The van der Waals surface area contributed by atoms with E-state index in [1.165, 1.54) is 0 Å². The predicted molar refractivity (Wildman–Crippen MR) is 89.6 cm³/mol. The van der Waals surface area contributed by atoms with Crippen LogP contribution in [0.25, 0.3) is 0 Å². The van der Waals surface area contributed by atoms with Crippen LogP contribution >= 0.6 is 7.82 Å². The summed E-state index contributed by atoms with van der Waals surface area (Å²) < 4.78 is 30.9. The normalized spacial score (nSPS) is 30.5. The van der Waals surface area contributed by atoms with E-state index in [-0.39, 0.29) is 0 Å². The van der Waals surface area contributed by atoms with Crippen LogP contribution in [-0.4, -0.2) is 88.6 Å². The zero-order valence-electron chi connectivity index (χ0n) is 15.5. The number of phosphoric ester groups is 1. The first kappa shape index (κ1) is 24.9. The molecule has 6 N–H and O–H groups in total. The minimum Gasteiger partial charge on any atom is -0.477 e. The molecule has 13 nitrogen and oxygen atoms in total. The van der Waals surface area contributed by atoms with Crippen molar-refractivity contribution in [3.63, 3.8) is 0 Å². The van der Waals surface area contributed by atoms with Gasteiger partial charge in [-0.3, -0.25) is 18.4 Å². The summed E-state index contributed by atoms with van der Waals surface area (Å²) in [6.07, 6.45) is -7.36. The van der Waals surface area contributed by atoms with Crippen LogP contribution in [0.3, 0.4) is 0 Å². The predicted octanol–water partition coefficient (Wildman–Crippen LogP) is -1.85. The first-order chi connectivity index (χ1) is 12.9. The molecule has 0 spiro atoms. The number of aliphatic carboxylic acids is 1. The van der Waals surface area contributed by atoms with Gasteiger partial charge >= 0.3 is 13.8 Å². The van der Waals surface area contributed by atoms with Crippen molar-refractivity contribution in [3.8, 4) is 0 Å². The summed E-state index contributed by atoms with van der Waals surface area (Å²) in [5.41, 5.74) is 0. The van der Waals surface area contributed by atoms with Gasteiger partial charge in [0.1, 0.15) is 6.23 Å². The SMILES string of the molecule is COP(=O)(OC)OC[C@@H](O)C[C@@H]1O[C@](O)(C(=O)O)C[C@H](O)[C@@H]1[C@H](O)NC(C)=O. The van der Waals surface area contributed by atoms with Crippen LogP contribution in [0, 0.1) is 5.92 Å². The van der Waals surface area contributed by atoms with Crippen molar-refractivity contribution in [1.82, 2.24) is 5.32 Å². The molecule has 0 bridgehead atoms. The van der Waals surface area contributed by atoms with Crippen molar-refractivity contribution >= 4 is 19.7 Å². The number of carboxylic acid groups (broad SMARTS) is 1. The van der Waals surface area contributed by atoms with E-state index in [0.717, 1.165) is 21.1 Å². The van der Waals surface area contributed by atoms with Gasteiger partial charge in [-0.05, 0) is 0 Å². The Morgan fingerprint density at radius 3 is 2.36 bits per heavy atom. The number of rotatable bonds is 10. The van der Waals surface area contributed by atoms with Gasteiger partial charge in [0.15, 0.2) is 0 Å². The summed E-state index contributed by atoms with van der Waals surface area (Å²) in [6.45, 7) is 0.515. The van der Waals surface area contributed by atoms with Crippen molar-refractivity contribution in [2.45, 2.75) is 50.1 Å². The van der Waals surface area contributed by atoms with E-state index >= 15 is 0 Å². The maximum Gasteiger partial charge on any atom is 0.474 e. The van der Waals surface area contributed by atoms with E-state index in [2.05, 4.69) is 14.4 Å². The lowest BCUT2D eigenvalue weighted by molar-refractivity contribution is -0.297. The topological polar surface area (TPSA) is 201 Å². The van der Waals surface area contributed by atoms with Gasteiger partial charge in [-0.2, -0.15) is 0 Å². The Balaban J connectivity index is 2.96. The summed E-state index contributed by atoms with van der Waals surface area (Å²) in [7, 11) is -1.78. The number of carbonyl (C=O) groups is 2. The standard InChI is InChI=1S/C14H26NO12P/c1-7(16)15-12(19)11-9(18)5-14(22,13(20)21)27-10(11)4-8(17)6-26-28(23,24-2)25-3/h8-12,17-19,22H,4-6H2,1-3H3,(H,15,16)(H,20,21)/t8-,9-,10-,11-,12-,14-/m0/s1. The molecule has 0 aromatic rings. The highest BCUT2D eigenvalue weighted by molar-refractivity contribution is 7.48. The first-order valence-electron chi connectivity index (χ1n) is 8.18. The Kier molecular flexibility index (Phi) is 8.93. The van der Waals surface area contributed by atoms with E-state index in [4.69, 9.17) is 14.4 Å². The quantitative estimate of drug-likeness (QED) is 0.167. The number of nitrogens with one attached hydrogen (secondary N) is 1. The Hall–Kier alpha value is -1.15. The van der Waals surface area contributed by atoms with E-state index < -0.39 is 75.4 Å². The van der Waals surface area contributed by atoms with Crippen molar-refractivity contribution in [3.05, 3.63) is 0 Å². The zero-order chi connectivity index (χ0) is 21.7. The van der Waals surface area contributed by atoms with Gasteiger partial charge in [0.25, 0.3) is 5.79 Å².